The molecule has 38 heavy (non-hydrogen) atoms. The first-order chi connectivity index (χ1) is 18.5. The third-order valence-corrected chi connectivity index (χ3v) is 6.03. The van der Waals surface area contributed by atoms with Crippen LogP contribution in [-0.4, -0.2) is 20.9 Å². The van der Waals surface area contributed by atoms with Crippen molar-refractivity contribution in [1.82, 2.24) is 9.97 Å². The van der Waals surface area contributed by atoms with Gasteiger partial charge in [0, 0.05) is 39.9 Å². The maximum atomic E-state index is 13.2. The Morgan fingerprint density at radius 2 is 1.21 bits per heavy atom. The molecule has 0 aliphatic carbocycles. The van der Waals surface area contributed by atoms with Crippen molar-refractivity contribution >= 4 is 27.6 Å². The third kappa shape index (κ3) is 5.61. The van der Waals surface area contributed by atoms with Crippen LogP contribution in [0.3, 0.4) is 0 Å². The zero-order valence-electron chi connectivity index (χ0n) is 20.1. The van der Waals surface area contributed by atoms with Gasteiger partial charge in [-0.25, -0.2) is 8.78 Å². The van der Waals surface area contributed by atoms with E-state index in [9.17, 15) is 18.7 Å². The number of hydrogen-bond donors (Lipinski definition) is 1. The first kappa shape index (κ1) is 24.9. The Morgan fingerprint density at radius 1 is 0.605 bits per heavy atom. The Bertz CT molecular complexity index is 1750. The van der Waals surface area contributed by atoms with Gasteiger partial charge in [-0.05, 0) is 54.1 Å². The van der Waals surface area contributed by atoms with Crippen molar-refractivity contribution in [2.75, 3.05) is 0 Å². The van der Waals surface area contributed by atoms with Crippen LogP contribution >= 0.6 is 0 Å². The van der Waals surface area contributed by atoms with Crippen LogP contribution in [0.1, 0.15) is 33.2 Å². The van der Waals surface area contributed by atoms with Gasteiger partial charge in [0.25, 0.3) is 0 Å². The lowest BCUT2D eigenvalue weighted by Gasteiger charge is -2.11. The summed E-state index contributed by atoms with van der Waals surface area (Å²) in [5, 5.41) is 12.1. The monoisotopic (exact) mass is 504 g/mol. The minimum atomic E-state index is -0.868. The molecule has 0 aliphatic rings. The fourth-order valence-electron chi connectivity index (χ4n) is 4.10. The van der Waals surface area contributed by atoms with E-state index in [1.165, 1.54) is 36.5 Å². The summed E-state index contributed by atoms with van der Waals surface area (Å²) in [4.78, 5) is 20.8. The molecule has 0 fully saturated rings. The van der Waals surface area contributed by atoms with E-state index in [4.69, 9.17) is 0 Å². The van der Waals surface area contributed by atoms with Crippen molar-refractivity contribution in [2.45, 2.75) is 6.10 Å². The Kier molecular flexibility index (Phi) is 7.24. The van der Waals surface area contributed by atoms with E-state index in [2.05, 4.69) is 9.97 Å². The molecule has 1 atom stereocenters. The summed E-state index contributed by atoms with van der Waals surface area (Å²) in [6.45, 7) is 0. The van der Waals surface area contributed by atoms with Crippen LogP contribution in [0.2, 0.25) is 0 Å². The number of ketones is 1. The second kappa shape index (κ2) is 11.1. The predicted octanol–water partition coefficient (Wildman–Crippen LogP) is 7.06. The van der Waals surface area contributed by atoms with Gasteiger partial charge >= 0.3 is 0 Å². The van der Waals surface area contributed by atoms with Gasteiger partial charge in [0.2, 0.25) is 0 Å². The topological polar surface area (TPSA) is 63.1 Å². The summed E-state index contributed by atoms with van der Waals surface area (Å²) in [6, 6.07) is 30.5. The number of aromatic nitrogens is 2. The molecule has 0 aliphatic heterocycles. The summed E-state index contributed by atoms with van der Waals surface area (Å²) in [7, 11) is 0. The molecule has 1 N–H and O–H groups in total. The number of aliphatic hydroxyl groups is 1. The number of para-hydroxylation sites is 2. The number of rotatable bonds is 4. The molecule has 0 saturated carbocycles. The summed E-state index contributed by atoms with van der Waals surface area (Å²) in [5.74, 6) is -0.998. The smallest absolute Gasteiger partial charge is 0.194 e. The number of nitrogens with zero attached hydrogens (tertiary/aromatic N) is 2. The molecule has 6 rings (SSSR count). The zero-order valence-corrected chi connectivity index (χ0v) is 20.1. The van der Waals surface area contributed by atoms with Gasteiger partial charge in [-0.3, -0.25) is 14.8 Å². The van der Waals surface area contributed by atoms with Crippen molar-refractivity contribution < 1.29 is 18.7 Å². The average Bonchev–Trinajstić information content (AvgIpc) is 2.96. The van der Waals surface area contributed by atoms with Crippen LogP contribution in [0.4, 0.5) is 8.78 Å². The summed E-state index contributed by atoms with van der Waals surface area (Å²) in [6.07, 6.45) is 2.28. The number of carbonyl (C=O) groups excluding carboxylic acids is 1. The maximum Gasteiger partial charge on any atom is 0.194 e. The minimum Gasteiger partial charge on any atom is -0.384 e. The zero-order chi connectivity index (χ0) is 26.5. The lowest BCUT2D eigenvalue weighted by Crippen LogP contribution is -2.02. The van der Waals surface area contributed by atoms with E-state index < -0.39 is 11.9 Å². The molecule has 0 amide bonds. The van der Waals surface area contributed by atoms with Gasteiger partial charge in [-0.1, -0.05) is 60.7 Å². The molecule has 2 heterocycles. The molecule has 1 unspecified atom stereocenters. The van der Waals surface area contributed by atoms with Crippen LogP contribution in [0.5, 0.6) is 0 Å². The van der Waals surface area contributed by atoms with E-state index >= 15 is 0 Å². The van der Waals surface area contributed by atoms with Crippen LogP contribution in [0, 0.1) is 11.6 Å². The summed E-state index contributed by atoms with van der Waals surface area (Å²) >= 11 is 0. The Hall–Kier alpha value is -4.81. The molecule has 6 aromatic rings. The van der Waals surface area contributed by atoms with Crippen LogP contribution in [-0.2, 0) is 0 Å². The first-order valence-electron chi connectivity index (χ1n) is 11.9. The molecule has 4 nitrogen and oxygen atoms in total. The molecular formula is C32H22F2N2O2. The van der Waals surface area contributed by atoms with Gasteiger partial charge < -0.3 is 5.11 Å². The molecular weight excluding hydrogens is 482 g/mol. The third-order valence-electron chi connectivity index (χ3n) is 6.03. The van der Waals surface area contributed by atoms with Crippen LogP contribution in [0.15, 0.2) is 122 Å². The second-order valence-corrected chi connectivity index (χ2v) is 8.68. The molecule has 0 radical (unpaired) electrons. The quantitative estimate of drug-likeness (QED) is 0.261. The lowest BCUT2D eigenvalue weighted by molar-refractivity contribution is 0.103. The SMILES string of the molecule is O=C(c1cccc(F)c1)c1cnc2ccccc2c1.OC(c1cccc(F)c1)c1cnc2ccccc2c1. The maximum absolute atomic E-state index is 13.2. The highest BCUT2D eigenvalue weighted by molar-refractivity contribution is 6.10. The van der Waals surface area contributed by atoms with Crippen molar-refractivity contribution in [2.24, 2.45) is 0 Å². The molecule has 0 saturated heterocycles. The first-order valence-corrected chi connectivity index (χ1v) is 11.9. The molecule has 0 bridgehead atoms. The fourth-order valence-corrected chi connectivity index (χ4v) is 4.10. The molecule has 6 heteroatoms. The van der Waals surface area contributed by atoms with Gasteiger partial charge in [0.15, 0.2) is 5.78 Å². The molecule has 2 aromatic heterocycles. The van der Waals surface area contributed by atoms with Crippen LogP contribution < -0.4 is 0 Å². The molecule has 4 aromatic carbocycles. The van der Waals surface area contributed by atoms with Gasteiger partial charge in [0.05, 0.1) is 11.0 Å². The highest BCUT2D eigenvalue weighted by Gasteiger charge is 2.12. The summed E-state index contributed by atoms with van der Waals surface area (Å²) < 4.78 is 26.3. The average molecular weight is 505 g/mol. The predicted molar refractivity (Wildman–Crippen MR) is 144 cm³/mol. The number of fused-ring (bicyclic) bond motifs is 2. The number of pyridine rings is 2. The number of benzene rings is 4. The largest absolute Gasteiger partial charge is 0.384 e. The normalized spacial score (nSPS) is 11.6. The summed E-state index contributed by atoms with van der Waals surface area (Å²) in [5.41, 5.74) is 3.68. The highest BCUT2D eigenvalue weighted by atomic mass is 19.1. The molecule has 186 valence electrons. The van der Waals surface area contributed by atoms with Crippen molar-refractivity contribution in [3.05, 3.63) is 155 Å². The Morgan fingerprint density at radius 3 is 1.89 bits per heavy atom. The second-order valence-electron chi connectivity index (χ2n) is 8.68. The number of carbonyl (C=O) groups is 1. The van der Waals surface area contributed by atoms with E-state index in [1.54, 1.807) is 30.5 Å². The van der Waals surface area contributed by atoms with Crippen LogP contribution in [0.25, 0.3) is 21.8 Å². The highest BCUT2D eigenvalue weighted by Crippen LogP contribution is 2.24. The fraction of sp³-hybridized carbons (Fsp3) is 0.0312. The standard InChI is InChI=1S/C16H12FNO.C16H10FNO/c2*17-14-6-3-5-12(9-14)16(19)13-8-11-4-1-2-7-15(11)18-10-13/h1-10,16,19H;1-10H. The van der Waals surface area contributed by atoms with E-state index in [0.717, 1.165) is 21.8 Å². The van der Waals surface area contributed by atoms with Crippen molar-refractivity contribution in [1.29, 1.82) is 0 Å². The van der Waals surface area contributed by atoms with E-state index in [0.29, 0.717) is 22.3 Å². The minimum absolute atomic E-state index is 0.224. The molecule has 0 spiro atoms. The van der Waals surface area contributed by atoms with E-state index in [-0.39, 0.29) is 11.6 Å². The number of hydrogen-bond acceptors (Lipinski definition) is 4. The lowest BCUT2D eigenvalue weighted by atomic mass is 10.0. The number of aliphatic hydroxyl groups excluding tert-OH is 1. The van der Waals surface area contributed by atoms with Gasteiger partial charge in [-0.15, -0.1) is 0 Å². The van der Waals surface area contributed by atoms with Crippen molar-refractivity contribution in [3.8, 4) is 0 Å². The van der Waals surface area contributed by atoms with Crippen molar-refractivity contribution in [3.63, 3.8) is 0 Å². The van der Waals surface area contributed by atoms with Gasteiger partial charge in [0.1, 0.15) is 17.7 Å². The van der Waals surface area contributed by atoms with Gasteiger partial charge in [-0.2, -0.15) is 0 Å². The Balaban J connectivity index is 0.000000155. The Labute approximate surface area is 217 Å². The van der Waals surface area contributed by atoms with E-state index in [1.807, 2.05) is 54.6 Å². The number of halogens is 2.